The largest absolute Gasteiger partial charge is 0.0990 e. The summed E-state index contributed by atoms with van der Waals surface area (Å²) in [6.07, 6.45) is 27.1. The Morgan fingerprint density at radius 1 is 0.633 bits per heavy atom. The van der Waals surface area contributed by atoms with Gasteiger partial charge in [0.15, 0.2) is 0 Å². The summed E-state index contributed by atoms with van der Waals surface area (Å²) in [4.78, 5) is 0. The van der Waals surface area contributed by atoms with Crippen LogP contribution in [-0.2, 0) is 6.42 Å². The molecule has 0 saturated carbocycles. The van der Waals surface area contributed by atoms with Crippen LogP contribution in [0.3, 0.4) is 0 Å². The third-order valence-electron chi connectivity index (χ3n) is 10.0. The maximum atomic E-state index is 4.22. The molecule has 1 aliphatic rings. The second kappa shape index (κ2) is 26.7. The van der Waals surface area contributed by atoms with Gasteiger partial charge in [0.2, 0.25) is 0 Å². The second-order valence-corrected chi connectivity index (χ2v) is 14.6. The van der Waals surface area contributed by atoms with Crippen molar-refractivity contribution in [2.45, 2.75) is 81.1 Å². The Balaban J connectivity index is 0.000000329. The first-order valence-corrected chi connectivity index (χ1v) is 21.6. The molecule has 0 saturated heterocycles. The van der Waals surface area contributed by atoms with E-state index < -0.39 is 0 Å². The molecule has 0 bridgehead atoms. The summed E-state index contributed by atoms with van der Waals surface area (Å²) in [5.74, 6) is 0.753. The minimum atomic E-state index is 0.753. The average Bonchev–Trinajstić information content (AvgIpc) is 3.28. The van der Waals surface area contributed by atoms with E-state index in [-0.39, 0.29) is 0 Å². The molecule has 0 heteroatoms. The van der Waals surface area contributed by atoms with E-state index in [9.17, 15) is 0 Å². The summed E-state index contributed by atoms with van der Waals surface area (Å²) in [6.45, 7) is 26.9. The fourth-order valence-electron chi connectivity index (χ4n) is 6.79. The van der Waals surface area contributed by atoms with Crippen molar-refractivity contribution in [1.82, 2.24) is 0 Å². The number of allylic oxidation sites excluding steroid dienone is 16. The zero-order chi connectivity index (χ0) is 43.7. The lowest BCUT2D eigenvalue weighted by Gasteiger charge is -2.27. The maximum Gasteiger partial charge on any atom is -0.0147 e. The minimum Gasteiger partial charge on any atom is -0.0990 e. The first kappa shape index (κ1) is 48.1. The Hall–Kier alpha value is -6.24. The van der Waals surface area contributed by atoms with Gasteiger partial charge in [-0.2, -0.15) is 0 Å². The Morgan fingerprint density at radius 2 is 1.23 bits per heavy atom. The van der Waals surface area contributed by atoms with Crippen LogP contribution >= 0.6 is 0 Å². The maximum absolute atomic E-state index is 4.22. The van der Waals surface area contributed by atoms with Gasteiger partial charge in [-0.1, -0.05) is 235 Å². The molecule has 308 valence electrons. The third-order valence-corrected chi connectivity index (χ3v) is 10.0. The minimum absolute atomic E-state index is 0.753. The van der Waals surface area contributed by atoms with Crippen molar-refractivity contribution >= 4 is 16.7 Å². The molecule has 0 aliphatic heterocycles. The first-order valence-electron chi connectivity index (χ1n) is 21.6. The average molecular weight is 789 g/mol. The summed E-state index contributed by atoms with van der Waals surface area (Å²) < 4.78 is 0. The van der Waals surface area contributed by atoms with Gasteiger partial charge in [-0.15, -0.1) is 0 Å². The van der Waals surface area contributed by atoms with Crippen LogP contribution in [0.5, 0.6) is 0 Å². The van der Waals surface area contributed by atoms with Crippen LogP contribution in [-0.4, -0.2) is 0 Å². The van der Waals surface area contributed by atoms with Crippen LogP contribution in [0.1, 0.15) is 101 Å². The highest BCUT2D eigenvalue weighted by molar-refractivity contribution is 5.79. The van der Waals surface area contributed by atoms with Gasteiger partial charge in [0.1, 0.15) is 0 Å². The SMILES string of the molecule is C/C=C\C(=C/CC)c1ccc2c(c1)C(C)C2.C/C=C\C=C/C.C=C/C=C(\C=C\C(=C)/C=C(\C)c1ccccc1)c1ccc(-c2cccc(-c3ccc(C)cc3)c2)cc1.CC. The molecular weight excluding hydrogens is 721 g/mol. The number of aryl methyl sites for hydroxylation is 1. The highest BCUT2D eigenvalue weighted by atomic mass is 14.3. The van der Waals surface area contributed by atoms with Gasteiger partial charge >= 0.3 is 0 Å². The molecule has 0 heterocycles. The summed E-state index contributed by atoms with van der Waals surface area (Å²) >= 11 is 0. The number of hydrogen-bond acceptors (Lipinski definition) is 0. The second-order valence-electron chi connectivity index (χ2n) is 14.6. The first-order chi connectivity index (χ1) is 29.2. The van der Waals surface area contributed by atoms with Gasteiger partial charge in [-0.25, -0.2) is 0 Å². The van der Waals surface area contributed by atoms with Gasteiger partial charge in [-0.05, 0) is 132 Å². The normalized spacial score (nSPS) is 13.8. The van der Waals surface area contributed by atoms with Crippen LogP contribution < -0.4 is 0 Å². The number of rotatable bonds is 12. The molecule has 5 aromatic carbocycles. The standard InChI is InChI=1S/C36H32.C16H20.C6H10.C2H6/c1-5-10-31(20-17-28(3)25-29(4)30-11-7-6-8-12-30)32-21-23-34(24-22-32)36-14-9-13-35(26-36)33-18-15-27(2)16-19-33;1-4-6-13(7-5-2)14-8-9-15-10-12(3)16(15)11-14;1-3-5-6-4-2;1-2/h5-26H,1,3H2,2,4H3;4,6-9,11-12H,5,10H2,1-3H3;3-6H,1-2H3;1-2H3/b20-17+,29-25+,31-10+;6-4-,13-7+;5-3-,6-4-;. The predicted molar refractivity (Wildman–Crippen MR) is 271 cm³/mol. The van der Waals surface area contributed by atoms with Gasteiger partial charge in [0.25, 0.3) is 0 Å². The van der Waals surface area contributed by atoms with Crippen molar-refractivity contribution in [2.75, 3.05) is 0 Å². The molecule has 6 rings (SSSR count). The molecule has 0 fully saturated rings. The van der Waals surface area contributed by atoms with Crippen LogP contribution in [0.25, 0.3) is 39.0 Å². The lowest BCUT2D eigenvalue weighted by molar-refractivity contribution is 0.667. The Kier molecular flexibility index (Phi) is 21.4. The molecule has 1 aliphatic carbocycles. The van der Waals surface area contributed by atoms with Crippen molar-refractivity contribution in [3.8, 4) is 22.3 Å². The van der Waals surface area contributed by atoms with Crippen LogP contribution in [0.4, 0.5) is 0 Å². The smallest absolute Gasteiger partial charge is 0.0147 e. The van der Waals surface area contributed by atoms with Gasteiger partial charge in [-0.3, -0.25) is 0 Å². The molecule has 0 aromatic heterocycles. The molecule has 0 radical (unpaired) electrons. The van der Waals surface area contributed by atoms with Crippen molar-refractivity contribution in [3.63, 3.8) is 0 Å². The van der Waals surface area contributed by atoms with E-state index in [1.807, 2.05) is 70.2 Å². The predicted octanol–water partition coefficient (Wildman–Crippen LogP) is 18.0. The molecular formula is C60H68. The number of benzene rings is 5. The van der Waals surface area contributed by atoms with E-state index in [2.05, 4.69) is 199 Å². The van der Waals surface area contributed by atoms with E-state index in [1.54, 1.807) is 5.56 Å². The van der Waals surface area contributed by atoms with Crippen molar-refractivity contribution in [3.05, 3.63) is 246 Å². The molecule has 0 amide bonds. The van der Waals surface area contributed by atoms with Crippen molar-refractivity contribution < 1.29 is 0 Å². The number of fused-ring (bicyclic) bond motifs is 1. The highest BCUT2D eigenvalue weighted by Crippen LogP contribution is 2.36. The number of hydrogen-bond donors (Lipinski definition) is 0. The van der Waals surface area contributed by atoms with E-state index in [0.717, 1.165) is 29.0 Å². The molecule has 0 nitrogen and oxygen atoms in total. The zero-order valence-corrected chi connectivity index (χ0v) is 37.9. The highest BCUT2D eigenvalue weighted by Gasteiger charge is 2.21. The molecule has 0 N–H and O–H groups in total. The molecule has 0 spiro atoms. The van der Waals surface area contributed by atoms with E-state index in [4.69, 9.17) is 0 Å². The van der Waals surface area contributed by atoms with Gasteiger partial charge in [0.05, 0.1) is 0 Å². The summed E-state index contributed by atoms with van der Waals surface area (Å²) in [5, 5.41) is 0. The molecule has 60 heavy (non-hydrogen) atoms. The van der Waals surface area contributed by atoms with Crippen LogP contribution in [0.15, 0.2) is 213 Å². The monoisotopic (exact) mass is 789 g/mol. The lowest BCUT2D eigenvalue weighted by atomic mass is 9.77. The Bertz CT molecular complexity index is 2280. The van der Waals surface area contributed by atoms with E-state index in [1.165, 1.54) is 62.1 Å². The van der Waals surface area contributed by atoms with Crippen molar-refractivity contribution in [1.29, 1.82) is 0 Å². The Morgan fingerprint density at radius 3 is 1.78 bits per heavy atom. The summed E-state index contributed by atoms with van der Waals surface area (Å²) in [5.41, 5.74) is 17.5. The quantitative estimate of drug-likeness (QED) is 0.110. The van der Waals surface area contributed by atoms with Crippen LogP contribution in [0.2, 0.25) is 0 Å². The molecule has 5 aromatic rings. The fraction of sp³-hybridized carbons (Fsp3) is 0.200. The van der Waals surface area contributed by atoms with Crippen molar-refractivity contribution in [2.24, 2.45) is 0 Å². The van der Waals surface area contributed by atoms with Gasteiger partial charge < -0.3 is 0 Å². The Labute approximate surface area is 364 Å². The van der Waals surface area contributed by atoms with Crippen LogP contribution in [0, 0.1) is 6.92 Å². The summed E-state index contributed by atoms with van der Waals surface area (Å²) in [6, 6.07) is 43.4. The van der Waals surface area contributed by atoms with E-state index in [0.29, 0.717) is 0 Å². The molecule has 1 atom stereocenters. The topological polar surface area (TPSA) is 0 Å². The van der Waals surface area contributed by atoms with E-state index >= 15 is 0 Å². The zero-order valence-electron chi connectivity index (χ0n) is 37.9. The van der Waals surface area contributed by atoms with Gasteiger partial charge in [0, 0.05) is 0 Å². The third kappa shape index (κ3) is 15.2. The lowest BCUT2D eigenvalue weighted by Crippen LogP contribution is -2.13. The molecule has 1 unspecified atom stereocenters. The summed E-state index contributed by atoms with van der Waals surface area (Å²) in [7, 11) is 0. The fourth-order valence-corrected chi connectivity index (χ4v) is 6.79.